The predicted octanol–water partition coefficient (Wildman–Crippen LogP) is 2.05. The molecule has 0 spiro atoms. The lowest BCUT2D eigenvalue weighted by molar-refractivity contribution is 0.0696. The van der Waals surface area contributed by atoms with Crippen LogP contribution in [0.25, 0.3) is 0 Å². The van der Waals surface area contributed by atoms with Gasteiger partial charge in [-0.3, -0.25) is 4.79 Å². The van der Waals surface area contributed by atoms with Crippen LogP contribution in [0.3, 0.4) is 0 Å². The van der Waals surface area contributed by atoms with E-state index in [1.165, 1.54) is 24.6 Å². The second-order valence-electron chi connectivity index (χ2n) is 4.02. The third kappa shape index (κ3) is 3.11. The van der Waals surface area contributed by atoms with E-state index in [-0.39, 0.29) is 11.5 Å². The lowest BCUT2D eigenvalue weighted by atomic mass is 10.1. The summed E-state index contributed by atoms with van der Waals surface area (Å²) in [6, 6.07) is 7.68. The Balaban J connectivity index is 1.98. The van der Waals surface area contributed by atoms with Crippen molar-refractivity contribution in [2.75, 3.05) is 0 Å². The van der Waals surface area contributed by atoms with Gasteiger partial charge in [0.2, 0.25) is 0 Å². The van der Waals surface area contributed by atoms with Gasteiger partial charge in [0.25, 0.3) is 5.91 Å². The van der Waals surface area contributed by atoms with Gasteiger partial charge in [-0.1, -0.05) is 12.1 Å². The summed E-state index contributed by atoms with van der Waals surface area (Å²) in [5, 5.41) is 12.6. The number of benzene rings is 1. The second-order valence-corrected chi connectivity index (χ2v) is 4.02. The number of carbonyl (C=O) groups is 2. The fraction of sp³-hybridized carbons (Fsp3) is 0.0714. The summed E-state index contributed by atoms with van der Waals surface area (Å²) in [5.74, 6) is -0.838. The number of carboxylic acids is 1. The van der Waals surface area contributed by atoms with Gasteiger partial charge >= 0.3 is 5.97 Å². The zero-order chi connectivity index (χ0) is 14.5. The molecule has 1 aromatic carbocycles. The van der Waals surface area contributed by atoms with Gasteiger partial charge in [0.05, 0.1) is 23.6 Å². The van der Waals surface area contributed by atoms with E-state index in [0.29, 0.717) is 16.9 Å². The number of carboxylic acid groups (broad SMARTS) is 1. The number of carbonyl (C=O) groups excluding carboxylic acids is 1. The van der Waals surface area contributed by atoms with Crippen LogP contribution in [0.5, 0.6) is 0 Å². The summed E-state index contributed by atoms with van der Waals surface area (Å²) in [4.78, 5) is 22.4. The van der Waals surface area contributed by atoms with Crippen molar-refractivity contribution in [3.8, 4) is 0 Å². The molecule has 1 amide bonds. The third-order valence-electron chi connectivity index (χ3n) is 2.64. The number of nitrogens with zero attached hydrogens (tertiary/aromatic N) is 1. The van der Waals surface area contributed by atoms with Crippen LogP contribution in [0.2, 0.25) is 0 Å². The molecule has 0 saturated carbocycles. The average molecular weight is 272 g/mol. The first kappa shape index (κ1) is 13.5. The first-order chi connectivity index (χ1) is 9.58. The van der Waals surface area contributed by atoms with Crippen molar-refractivity contribution in [1.82, 2.24) is 5.43 Å². The molecule has 2 N–H and O–H groups in total. The van der Waals surface area contributed by atoms with Gasteiger partial charge in [-0.05, 0) is 30.7 Å². The first-order valence-electron chi connectivity index (χ1n) is 5.79. The SMILES string of the molecule is Cc1occc1C(=O)N/N=C\c1ccc(C(=O)O)cc1. The highest BCUT2D eigenvalue weighted by atomic mass is 16.4. The van der Waals surface area contributed by atoms with Crippen LogP contribution >= 0.6 is 0 Å². The molecule has 1 heterocycles. The van der Waals surface area contributed by atoms with Crippen LogP contribution in [0, 0.1) is 6.92 Å². The standard InChI is InChI=1S/C14H12N2O4/c1-9-12(6-7-20-9)13(17)16-15-8-10-2-4-11(5-3-10)14(18)19/h2-8H,1H3,(H,16,17)(H,18,19)/b15-8-. The van der Waals surface area contributed by atoms with E-state index in [1.54, 1.807) is 25.1 Å². The molecule has 0 aliphatic heterocycles. The van der Waals surface area contributed by atoms with Crippen LogP contribution < -0.4 is 5.43 Å². The van der Waals surface area contributed by atoms with E-state index in [0.717, 1.165) is 0 Å². The Morgan fingerprint density at radius 2 is 1.95 bits per heavy atom. The van der Waals surface area contributed by atoms with Gasteiger partial charge in [0, 0.05) is 0 Å². The number of amides is 1. The van der Waals surface area contributed by atoms with E-state index >= 15 is 0 Å². The molecule has 0 bridgehead atoms. The number of hydrogen-bond donors (Lipinski definition) is 2. The number of aromatic carboxylic acids is 1. The van der Waals surface area contributed by atoms with Gasteiger partial charge < -0.3 is 9.52 Å². The molecular formula is C14H12N2O4. The number of rotatable bonds is 4. The Morgan fingerprint density at radius 1 is 1.25 bits per heavy atom. The molecule has 0 radical (unpaired) electrons. The highest BCUT2D eigenvalue weighted by Crippen LogP contribution is 2.08. The van der Waals surface area contributed by atoms with Crippen molar-refractivity contribution in [2.45, 2.75) is 6.92 Å². The Kier molecular flexibility index (Phi) is 3.95. The van der Waals surface area contributed by atoms with Crippen LogP contribution in [-0.2, 0) is 0 Å². The molecule has 0 atom stereocenters. The van der Waals surface area contributed by atoms with E-state index in [4.69, 9.17) is 9.52 Å². The Morgan fingerprint density at radius 3 is 2.50 bits per heavy atom. The van der Waals surface area contributed by atoms with E-state index in [1.807, 2.05) is 0 Å². The molecule has 6 heteroatoms. The minimum absolute atomic E-state index is 0.195. The maximum Gasteiger partial charge on any atom is 0.335 e. The minimum atomic E-state index is -0.989. The molecule has 20 heavy (non-hydrogen) atoms. The van der Waals surface area contributed by atoms with Crippen molar-refractivity contribution >= 4 is 18.1 Å². The lowest BCUT2D eigenvalue weighted by Gasteiger charge is -1.98. The van der Waals surface area contributed by atoms with Crippen molar-refractivity contribution < 1.29 is 19.1 Å². The molecular weight excluding hydrogens is 260 g/mol. The van der Waals surface area contributed by atoms with Gasteiger partial charge in [-0.2, -0.15) is 5.10 Å². The monoisotopic (exact) mass is 272 g/mol. The maximum atomic E-state index is 11.7. The van der Waals surface area contributed by atoms with Gasteiger partial charge in [-0.15, -0.1) is 0 Å². The number of hydrogen-bond acceptors (Lipinski definition) is 4. The Labute approximate surface area is 114 Å². The quantitative estimate of drug-likeness (QED) is 0.658. The van der Waals surface area contributed by atoms with Gasteiger partial charge in [-0.25, -0.2) is 10.2 Å². The van der Waals surface area contributed by atoms with E-state index in [2.05, 4.69) is 10.5 Å². The molecule has 0 fully saturated rings. The normalized spacial score (nSPS) is 10.7. The van der Waals surface area contributed by atoms with E-state index < -0.39 is 5.97 Å². The lowest BCUT2D eigenvalue weighted by Crippen LogP contribution is -2.17. The summed E-state index contributed by atoms with van der Waals surface area (Å²) in [7, 11) is 0. The minimum Gasteiger partial charge on any atom is -0.478 e. The molecule has 2 aromatic rings. The van der Waals surface area contributed by atoms with Crippen molar-refractivity contribution in [1.29, 1.82) is 0 Å². The summed E-state index contributed by atoms with van der Waals surface area (Å²) >= 11 is 0. The molecule has 2 rings (SSSR count). The summed E-state index contributed by atoms with van der Waals surface area (Å²) in [6.07, 6.45) is 2.86. The predicted molar refractivity (Wildman–Crippen MR) is 71.9 cm³/mol. The zero-order valence-electron chi connectivity index (χ0n) is 10.7. The second kappa shape index (κ2) is 5.83. The highest BCUT2D eigenvalue weighted by molar-refractivity contribution is 5.95. The highest BCUT2D eigenvalue weighted by Gasteiger charge is 2.09. The third-order valence-corrected chi connectivity index (χ3v) is 2.64. The summed E-state index contributed by atoms with van der Waals surface area (Å²) < 4.78 is 5.02. The van der Waals surface area contributed by atoms with Gasteiger partial charge in [0.1, 0.15) is 5.76 Å². The molecule has 0 aliphatic rings. The molecule has 0 unspecified atom stereocenters. The van der Waals surface area contributed by atoms with Crippen LogP contribution in [0.15, 0.2) is 46.1 Å². The fourth-order valence-corrected chi connectivity index (χ4v) is 1.56. The first-order valence-corrected chi connectivity index (χ1v) is 5.79. The van der Waals surface area contributed by atoms with Crippen LogP contribution in [0.1, 0.15) is 32.0 Å². The Hall–Kier alpha value is -2.89. The molecule has 1 aromatic heterocycles. The smallest absolute Gasteiger partial charge is 0.335 e. The van der Waals surface area contributed by atoms with Crippen molar-refractivity contribution in [3.63, 3.8) is 0 Å². The zero-order valence-corrected chi connectivity index (χ0v) is 10.7. The summed E-state index contributed by atoms with van der Waals surface area (Å²) in [6.45, 7) is 1.68. The number of furan rings is 1. The topological polar surface area (TPSA) is 91.9 Å². The van der Waals surface area contributed by atoms with Gasteiger partial charge in [0.15, 0.2) is 0 Å². The number of hydrazone groups is 1. The Bertz CT molecular complexity index is 656. The largest absolute Gasteiger partial charge is 0.478 e. The fourth-order valence-electron chi connectivity index (χ4n) is 1.56. The van der Waals surface area contributed by atoms with Crippen molar-refractivity contribution in [2.24, 2.45) is 5.10 Å². The molecule has 102 valence electrons. The molecule has 0 aliphatic carbocycles. The maximum absolute atomic E-state index is 11.7. The summed E-state index contributed by atoms with van der Waals surface area (Å²) in [5.41, 5.74) is 3.66. The number of aryl methyl sites for hydroxylation is 1. The average Bonchev–Trinajstić information content (AvgIpc) is 2.85. The molecule has 0 saturated heterocycles. The van der Waals surface area contributed by atoms with E-state index in [9.17, 15) is 9.59 Å². The van der Waals surface area contributed by atoms with Crippen LogP contribution in [-0.4, -0.2) is 23.2 Å². The molecule has 6 nitrogen and oxygen atoms in total. The van der Waals surface area contributed by atoms with Crippen molar-refractivity contribution in [3.05, 3.63) is 59.0 Å². The van der Waals surface area contributed by atoms with Crippen LogP contribution in [0.4, 0.5) is 0 Å². The number of nitrogens with one attached hydrogen (secondary N) is 1.